The van der Waals surface area contributed by atoms with Crippen LogP contribution in [-0.4, -0.2) is 35.3 Å². The van der Waals surface area contributed by atoms with Gasteiger partial charge in [-0.2, -0.15) is 23.4 Å². The van der Waals surface area contributed by atoms with E-state index in [1.165, 1.54) is 18.5 Å². The Bertz CT molecular complexity index is 1560. The molecule has 1 fully saturated rings. The molecule has 0 saturated heterocycles. The van der Waals surface area contributed by atoms with Crippen LogP contribution in [0, 0.1) is 5.41 Å². The van der Waals surface area contributed by atoms with Crippen LogP contribution < -0.4 is 0 Å². The SMILES string of the molecule is Cn1cc2c3cc(C(=O)CC4(Cc5ncn[nH]5)CC4)ccc3n(-c3ccc(C(F)(F)F)cc3)c2n1. The van der Waals surface area contributed by atoms with E-state index in [9.17, 15) is 18.0 Å². The standard InChI is InChI=1S/C25H21F3N6O/c1-33-13-19-18-10-15(21(35)11-24(8-9-24)12-22-29-14-30-31-22)2-7-20(18)34(23(19)32-33)17-5-3-16(4-6-17)25(26,27)28/h2-7,10,13-14H,8-9,11-12H2,1H3,(H,29,30,31). The number of hydrogen-bond donors (Lipinski definition) is 1. The number of halogens is 3. The Kier molecular flexibility index (Phi) is 4.64. The molecule has 10 heteroatoms. The van der Waals surface area contributed by atoms with Gasteiger partial charge in [-0.05, 0) is 60.7 Å². The Labute approximate surface area is 197 Å². The highest BCUT2D eigenvalue weighted by molar-refractivity contribution is 6.11. The average Bonchev–Trinajstić information content (AvgIpc) is 3.12. The number of nitrogens with zero attached hydrogens (tertiary/aromatic N) is 5. The van der Waals surface area contributed by atoms with Crippen LogP contribution in [0.1, 0.15) is 41.0 Å². The number of aryl methyl sites for hydroxylation is 1. The first-order chi connectivity index (χ1) is 16.7. The zero-order chi connectivity index (χ0) is 24.4. The summed E-state index contributed by atoms with van der Waals surface area (Å²) in [7, 11) is 1.79. The molecule has 1 N–H and O–H groups in total. The first kappa shape index (κ1) is 21.6. The van der Waals surface area contributed by atoms with Gasteiger partial charge in [-0.3, -0.25) is 19.1 Å². The highest BCUT2D eigenvalue weighted by atomic mass is 19.4. The maximum atomic E-state index is 13.2. The van der Waals surface area contributed by atoms with Crippen molar-refractivity contribution in [3.63, 3.8) is 0 Å². The van der Waals surface area contributed by atoms with Gasteiger partial charge in [-0.15, -0.1) is 0 Å². The normalized spacial score (nSPS) is 15.2. The van der Waals surface area contributed by atoms with E-state index in [-0.39, 0.29) is 11.2 Å². The molecule has 5 aromatic rings. The van der Waals surface area contributed by atoms with Crippen molar-refractivity contribution in [3.05, 3.63) is 71.9 Å². The number of ketones is 1. The van der Waals surface area contributed by atoms with E-state index in [1.807, 2.05) is 22.9 Å². The van der Waals surface area contributed by atoms with Crippen molar-refractivity contribution < 1.29 is 18.0 Å². The minimum Gasteiger partial charge on any atom is -0.294 e. The number of carbonyl (C=O) groups excluding carboxylic acids is 1. The third-order valence-electron chi connectivity index (χ3n) is 6.82. The Morgan fingerprint density at radius 2 is 1.89 bits per heavy atom. The van der Waals surface area contributed by atoms with Gasteiger partial charge in [0.2, 0.25) is 0 Å². The molecular weight excluding hydrogens is 457 g/mol. The Morgan fingerprint density at radius 3 is 2.54 bits per heavy atom. The molecule has 35 heavy (non-hydrogen) atoms. The molecule has 3 aromatic heterocycles. The summed E-state index contributed by atoms with van der Waals surface area (Å²) in [5.74, 6) is 0.847. The van der Waals surface area contributed by atoms with Gasteiger partial charge >= 0.3 is 6.18 Å². The van der Waals surface area contributed by atoms with E-state index in [0.717, 1.165) is 47.1 Å². The highest BCUT2D eigenvalue weighted by Crippen LogP contribution is 2.51. The van der Waals surface area contributed by atoms with Crippen molar-refractivity contribution in [1.29, 1.82) is 0 Å². The van der Waals surface area contributed by atoms with Gasteiger partial charge in [-0.25, -0.2) is 4.98 Å². The quantitative estimate of drug-likeness (QED) is 0.338. The average molecular weight is 478 g/mol. The van der Waals surface area contributed by atoms with Crippen LogP contribution in [0.2, 0.25) is 0 Å². The first-order valence-electron chi connectivity index (χ1n) is 11.3. The van der Waals surface area contributed by atoms with Crippen molar-refractivity contribution in [1.82, 2.24) is 29.5 Å². The zero-order valence-corrected chi connectivity index (χ0v) is 18.8. The molecule has 3 heterocycles. The van der Waals surface area contributed by atoms with Crippen LogP contribution in [0.3, 0.4) is 0 Å². The molecule has 0 bridgehead atoms. The van der Waals surface area contributed by atoms with Crippen LogP contribution in [0.5, 0.6) is 0 Å². The van der Waals surface area contributed by atoms with E-state index >= 15 is 0 Å². The molecule has 6 rings (SSSR count). The van der Waals surface area contributed by atoms with Crippen LogP contribution in [0.4, 0.5) is 13.2 Å². The molecule has 1 aliphatic carbocycles. The lowest BCUT2D eigenvalue weighted by Crippen LogP contribution is -2.13. The number of rotatable bonds is 6. The number of H-pyrrole nitrogens is 1. The van der Waals surface area contributed by atoms with Crippen molar-refractivity contribution in [2.24, 2.45) is 12.5 Å². The van der Waals surface area contributed by atoms with Crippen molar-refractivity contribution >= 4 is 27.7 Å². The highest BCUT2D eigenvalue weighted by Gasteiger charge is 2.45. The maximum Gasteiger partial charge on any atom is 0.416 e. The number of fused-ring (bicyclic) bond motifs is 3. The summed E-state index contributed by atoms with van der Waals surface area (Å²) in [6, 6.07) is 10.5. The van der Waals surface area contributed by atoms with Crippen LogP contribution in [0.25, 0.3) is 27.6 Å². The lowest BCUT2D eigenvalue weighted by atomic mass is 9.92. The summed E-state index contributed by atoms with van der Waals surface area (Å²) in [5.41, 5.74) is 1.79. The molecule has 0 atom stereocenters. The van der Waals surface area contributed by atoms with E-state index in [4.69, 9.17) is 0 Å². The number of carbonyl (C=O) groups is 1. The van der Waals surface area contributed by atoms with E-state index in [1.54, 1.807) is 17.8 Å². The fourth-order valence-corrected chi connectivity index (χ4v) is 4.83. The second-order valence-corrected chi connectivity index (χ2v) is 9.36. The number of aromatic amines is 1. The third-order valence-corrected chi connectivity index (χ3v) is 6.82. The van der Waals surface area contributed by atoms with Gasteiger partial charge in [0.05, 0.1) is 11.1 Å². The fourth-order valence-electron chi connectivity index (χ4n) is 4.83. The van der Waals surface area contributed by atoms with Crippen LogP contribution >= 0.6 is 0 Å². The largest absolute Gasteiger partial charge is 0.416 e. The number of benzene rings is 2. The van der Waals surface area contributed by atoms with Crippen molar-refractivity contribution in [2.45, 2.75) is 31.9 Å². The lowest BCUT2D eigenvalue weighted by molar-refractivity contribution is -0.137. The van der Waals surface area contributed by atoms with Gasteiger partial charge in [0, 0.05) is 48.1 Å². The molecule has 0 amide bonds. The maximum absolute atomic E-state index is 13.2. The van der Waals surface area contributed by atoms with Gasteiger partial charge in [0.1, 0.15) is 12.2 Å². The second kappa shape index (κ2) is 7.53. The topological polar surface area (TPSA) is 81.4 Å². The summed E-state index contributed by atoms with van der Waals surface area (Å²) >= 11 is 0. The molecule has 7 nitrogen and oxygen atoms in total. The number of Topliss-reactive ketones (excluding diaryl/α,β-unsaturated/α-hetero) is 1. The lowest BCUT2D eigenvalue weighted by Gasteiger charge is -2.13. The van der Waals surface area contributed by atoms with Gasteiger partial charge in [0.25, 0.3) is 0 Å². The summed E-state index contributed by atoms with van der Waals surface area (Å²) < 4.78 is 42.7. The number of aromatic nitrogens is 6. The van der Waals surface area contributed by atoms with Gasteiger partial charge < -0.3 is 0 Å². The molecule has 0 spiro atoms. The number of alkyl halides is 3. The third kappa shape index (κ3) is 3.78. The molecule has 2 aromatic carbocycles. The van der Waals surface area contributed by atoms with E-state index in [0.29, 0.717) is 29.7 Å². The molecular formula is C25H21F3N6O. The molecule has 1 aliphatic rings. The smallest absolute Gasteiger partial charge is 0.294 e. The number of hydrogen-bond acceptors (Lipinski definition) is 4. The van der Waals surface area contributed by atoms with Gasteiger partial charge in [-0.1, -0.05) is 0 Å². The fraction of sp³-hybridized carbons (Fsp3) is 0.280. The molecule has 0 aliphatic heterocycles. The Morgan fingerprint density at radius 1 is 1.11 bits per heavy atom. The van der Waals surface area contributed by atoms with E-state index in [2.05, 4.69) is 20.3 Å². The predicted molar refractivity (Wildman–Crippen MR) is 123 cm³/mol. The predicted octanol–water partition coefficient (Wildman–Crippen LogP) is 5.25. The van der Waals surface area contributed by atoms with Crippen molar-refractivity contribution in [2.75, 3.05) is 0 Å². The molecule has 1 saturated carbocycles. The summed E-state index contributed by atoms with van der Waals surface area (Å²) in [6.07, 6.45) is 1.99. The summed E-state index contributed by atoms with van der Waals surface area (Å²) in [6.45, 7) is 0. The van der Waals surface area contributed by atoms with Crippen LogP contribution in [0.15, 0.2) is 55.0 Å². The zero-order valence-electron chi connectivity index (χ0n) is 18.8. The minimum atomic E-state index is -4.40. The second-order valence-electron chi connectivity index (χ2n) is 9.36. The van der Waals surface area contributed by atoms with Crippen LogP contribution in [-0.2, 0) is 19.6 Å². The Hall–Kier alpha value is -3.95. The molecule has 0 unspecified atom stereocenters. The first-order valence-corrected chi connectivity index (χ1v) is 11.3. The molecule has 178 valence electrons. The van der Waals surface area contributed by atoms with Gasteiger partial charge in [0.15, 0.2) is 11.4 Å². The monoisotopic (exact) mass is 478 g/mol. The van der Waals surface area contributed by atoms with E-state index < -0.39 is 11.7 Å². The summed E-state index contributed by atoms with van der Waals surface area (Å²) in [4.78, 5) is 17.4. The minimum absolute atomic E-state index is 0.0586. The van der Waals surface area contributed by atoms with Crippen molar-refractivity contribution in [3.8, 4) is 5.69 Å². The summed E-state index contributed by atoms with van der Waals surface area (Å²) in [5, 5.41) is 13.0. The number of nitrogens with one attached hydrogen (secondary N) is 1. The Balaban J connectivity index is 1.37. The molecule has 0 radical (unpaired) electrons.